The zero-order chi connectivity index (χ0) is 22.8. The van der Waals surface area contributed by atoms with Crippen LogP contribution >= 0.6 is 0 Å². The van der Waals surface area contributed by atoms with E-state index in [4.69, 9.17) is 10.6 Å². The summed E-state index contributed by atoms with van der Waals surface area (Å²) in [7, 11) is 0. The maximum Gasteiger partial charge on any atom is 0.387 e. The lowest BCUT2D eigenvalue weighted by Crippen LogP contribution is -2.33. The van der Waals surface area contributed by atoms with Crippen molar-refractivity contribution >= 4 is 11.7 Å². The lowest BCUT2D eigenvalue weighted by atomic mass is 9.78. The molecule has 1 aliphatic heterocycles. The molecule has 1 aliphatic carbocycles. The van der Waals surface area contributed by atoms with Crippen LogP contribution in [0.4, 0.5) is 10.3 Å². The molecule has 3 heterocycles. The number of halogens is 1. The average Bonchev–Trinajstić information content (AvgIpc) is 2.83. The number of nitrogen functional groups attached to an aromatic ring is 1. The largest absolute Gasteiger partial charge is 0.392 e. The first-order valence-electron chi connectivity index (χ1n) is 11.4. The molecule has 0 spiro atoms. The molecule has 1 saturated heterocycles. The molecule has 1 fully saturated rings. The summed E-state index contributed by atoms with van der Waals surface area (Å²) in [4.78, 5) is 17.9. The number of anilines is 1. The van der Waals surface area contributed by atoms with E-state index in [0.29, 0.717) is 18.8 Å². The molecule has 1 atom stereocenters. The van der Waals surface area contributed by atoms with Crippen LogP contribution in [0.15, 0.2) is 47.9 Å². The van der Waals surface area contributed by atoms with Gasteiger partial charge in [-0.2, -0.15) is 0 Å². The van der Waals surface area contributed by atoms with E-state index in [0.717, 1.165) is 65.3 Å². The topological polar surface area (TPSA) is 99.6 Å². The van der Waals surface area contributed by atoms with Crippen LogP contribution in [0.5, 0.6) is 0 Å². The molecule has 2 aliphatic rings. The van der Waals surface area contributed by atoms with Crippen molar-refractivity contribution in [2.24, 2.45) is 5.16 Å². The van der Waals surface area contributed by atoms with E-state index in [2.05, 4.69) is 25.4 Å². The Bertz CT molecular complexity index is 1180. The highest BCUT2D eigenvalue weighted by molar-refractivity contribution is 6.03. The fourth-order valence-electron chi connectivity index (χ4n) is 4.89. The molecular formula is C25H28FN6O+. The third-order valence-corrected chi connectivity index (χ3v) is 6.44. The number of piperidine rings is 1. The van der Waals surface area contributed by atoms with Crippen LogP contribution in [0, 0.1) is 12.7 Å². The molecule has 1 aromatic carbocycles. The van der Waals surface area contributed by atoms with Crippen LogP contribution in [0.3, 0.4) is 0 Å². The molecule has 4 N–H and O–H groups in total. The van der Waals surface area contributed by atoms with Crippen molar-refractivity contribution in [3.8, 4) is 11.1 Å². The second-order valence-electron chi connectivity index (χ2n) is 8.73. The monoisotopic (exact) mass is 447 g/mol. The molecule has 0 radical (unpaired) electrons. The third-order valence-electron chi connectivity index (χ3n) is 6.44. The molecule has 7 nitrogen and oxygen atoms in total. The van der Waals surface area contributed by atoms with E-state index in [-0.39, 0.29) is 17.8 Å². The van der Waals surface area contributed by atoms with Gasteiger partial charge in [-0.05, 0) is 68.1 Å². The van der Waals surface area contributed by atoms with Crippen LogP contribution in [0.2, 0.25) is 0 Å². The van der Waals surface area contributed by atoms with Gasteiger partial charge >= 0.3 is 5.95 Å². The second-order valence-corrected chi connectivity index (χ2v) is 8.73. The maximum atomic E-state index is 14.2. The predicted molar refractivity (Wildman–Crippen MR) is 124 cm³/mol. The summed E-state index contributed by atoms with van der Waals surface area (Å²) in [5, 5.41) is 7.98. The smallest absolute Gasteiger partial charge is 0.387 e. The van der Waals surface area contributed by atoms with Gasteiger partial charge in [0.2, 0.25) is 0 Å². The van der Waals surface area contributed by atoms with Crippen LogP contribution < -0.4 is 16.0 Å². The number of oxime groups is 1. The number of aryl methyl sites for hydroxylation is 1. The Balaban J connectivity index is 1.55. The van der Waals surface area contributed by atoms with Crippen molar-refractivity contribution in [3.05, 3.63) is 71.1 Å². The molecular weight excluding hydrogens is 419 g/mol. The first kappa shape index (κ1) is 21.5. The SMILES string of the molecule is Cc1nc(N)[nH+]c2c1/C(=N/OC1CCNCC1)C[C@H](c1ccc(F)cc1-c1cccnc1)C2. The normalized spacial score (nSPS) is 19.9. The van der Waals surface area contributed by atoms with Crippen LogP contribution in [0.1, 0.15) is 47.7 Å². The van der Waals surface area contributed by atoms with Crippen LogP contribution in [0.25, 0.3) is 11.1 Å². The van der Waals surface area contributed by atoms with Gasteiger partial charge in [-0.3, -0.25) is 10.7 Å². The number of pyridine rings is 1. The maximum absolute atomic E-state index is 14.2. The van der Waals surface area contributed by atoms with Gasteiger partial charge in [0.15, 0.2) is 0 Å². The Morgan fingerprint density at radius 1 is 1.21 bits per heavy atom. The number of nitrogens with zero attached hydrogens (tertiary/aromatic N) is 3. The summed E-state index contributed by atoms with van der Waals surface area (Å²) in [5.41, 5.74) is 12.4. The number of rotatable bonds is 4. The van der Waals surface area contributed by atoms with Gasteiger partial charge in [0.05, 0.1) is 17.0 Å². The average molecular weight is 448 g/mol. The molecule has 5 rings (SSSR count). The zero-order valence-electron chi connectivity index (χ0n) is 18.6. The highest BCUT2D eigenvalue weighted by atomic mass is 19.1. The molecule has 8 heteroatoms. The summed E-state index contributed by atoms with van der Waals surface area (Å²) in [6, 6.07) is 8.79. The number of hydrogen-bond acceptors (Lipinski definition) is 6. The molecule has 170 valence electrons. The van der Waals surface area contributed by atoms with Gasteiger partial charge < -0.3 is 10.2 Å². The minimum atomic E-state index is -0.271. The van der Waals surface area contributed by atoms with E-state index in [1.54, 1.807) is 18.5 Å². The molecule has 0 saturated carbocycles. The standard InChI is InChI=1S/C25H27FN6O/c1-15-24-22(31-25(27)30-15)11-17(12-23(24)32-33-19-6-9-28-10-7-19)20-5-4-18(26)13-21(20)16-3-2-8-29-14-16/h2-5,8,13-14,17,19,28H,6-7,9-12H2,1H3,(H2,27,30,31)/p+1/b32-23+/t17-/m1/s1. The minimum absolute atomic E-state index is 0.0705. The van der Waals surface area contributed by atoms with E-state index in [1.807, 2.05) is 25.1 Å². The minimum Gasteiger partial charge on any atom is -0.392 e. The Morgan fingerprint density at radius 2 is 2.06 bits per heavy atom. The molecule has 2 aromatic heterocycles. The second kappa shape index (κ2) is 9.23. The number of nitrogens with one attached hydrogen (secondary N) is 2. The fourth-order valence-corrected chi connectivity index (χ4v) is 4.89. The number of nitrogens with two attached hydrogens (primary N) is 1. The summed E-state index contributed by atoms with van der Waals surface area (Å²) in [6.07, 6.45) is 6.83. The number of H-pyrrole nitrogens is 1. The Morgan fingerprint density at radius 3 is 2.85 bits per heavy atom. The van der Waals surface area contributed by atoms with Crippen LogP contribution in [-0.4, -0.2) is 34.9 Å². The van der Waals surface area contributed by atoms with Gasteiger partial charge in [-0.15, -0.1) is 0 Å². The Hall–Kier alpha value is -3.39. The van der Waals surface area contributed by atoms with E-state index in [1.165, 1.54) is 6.07 Å². The first-order chi connectivity index (χ1) is 16.1. The molecule has 33 heavy (non-hydrogen) atoms. The number of benzene rings is 1. The summed E-state index contributed by atoms with van der Waals surface area (Å²) >= 11 is 0. The van der Waals surface area contributed by atoms with Crippen molar-refractivity contribution in [2.75, 3.05) is 18.8 Å². The zero-order valence-corrected chi connectivity index (χ0v) is 18.6. The van der Waals surface area contributed by atoms with E-state index >= 15 is 0 Å². The predicted octanol–water partition coefficient (Wildman–Crippen LogP) is 3.19. The molecule has 3 aromatic rings. The lowest BCUT2D eigenvalue weighted by molar-refractivity contribution is -0.378. The quantitative estimate of drug-likeness (QED) is 0.599. The van der Waals surface area contributed by atoms with Crippen molar-refractivity contribution in [1.29, 1.82) is 0 Å². The summed E-state index contributed by atoms with van der Waals surface area (Å²) < 4.78 is 14.2. The van der Waals surface area contributed by atoms with Gasteiger partial charge in [0.25, 0.3) is 0 Å². The lowest BCUT2D eigenvalue weighted by Gasteiger charge is -2.27. The van der Waals surface area contributed by atoms with Gasteiger partial charge in [0, 0.05) is 30.8 Å². The third kappa shape index (κ3) is 4.57. The van der Waals surface area contributed by atoms with E-state index < -0.39 is 0 Å². The number of aromatic nitrogens is 3. The molecule has 0 unspecified atom stereocenters. The highest BCUT2D eigenvalue weighted by Gasteiger charge is 2.32. The Labute approximate surface area is 192 Å². The summed E-state index contributed by atoms with van der Waals surface area (Å²) in [5.74, 6) is 0.172. The van der Waals surface area contributed by atoms with E-state index in [9.17, 15) is 4.39 Å². The summed E-state index contributed by atoms with van der Waals surface area (Å²) in [6.45, 7) is 3.82. The van der Waals surface area contributed by atoms with Gasteiger partial charge in [0.1, 0.15) is 17.6 Å². The van der Waals surface area contributed by atoms with Crippen molar-refractivity contribution in [3.63, 3.8) is 0 Å². The Kier molecular flexibility index (Phi) is 6.00. The van der Waals surface area contributed by atoms with Gasteiger partial charge in [-0.1, -0.05) is 22.3 Å². The highest BCUT2D eigenvalue weighted by Crippen LogP contribution is 2.38. The number of aromatic amines is 1. The fraction of sp³-hybridized carbons (Fsp3) is 0.360. The van der Waals surface area contributed by atoms with Crippen molar-refractivity contribution in [2.45, 2.75) is 44.6 Å². The first-order valence-corrected chi connectivity index (χ1v) is 11.4. The van der Waals surface area contributed by atoms with Crippen LogP contribution in [-0.2, 0) is 11.3 Å². The van der Waals surface area contributed by atoms with Gasteiger partial charge in [-0.25, -0.2) is 9.37 Å². The number of hydrogen-bond donors (Lipinski definition) is 2. The molecule has 0 bridgehead atoms. The molecule has 0 amide bonds. The van der Waals surface area contributed by atoms with Crippen molar-refractivity contribution < 1.29 is 14.2 Å². The number of fused-ring (bicyclic) bond motifs is 1. The van der Waals surface area contributed by atoms with Crippen molar-refractivity contribution in [1.82, 2.24) is 15.3 Å².